The van der Waals surface area contributed by atoms with Gasteiger partial charge in [-0.05, 0) is 49.2 Å². The van der Waals surface area contributed by atoms with Crippen LogP contribution >= 0.6 is 11.6 Å². The van der Waals surface area contributed by atoms with E-state index in [1.807, 2.05) is 0 Å². The molecule has 1 saturated heterocycles. The average molecular weight is 383 g/mol. The third kappa shape index (κ3) is 3.93. The molecule has 0 aliphatic carbocycles. The zero-order valence-corrected chi connectivity index (χ0v) is 14.8. The fourth-order valence-electron chi connectivity index (χ4n) is 2.69. The van der Waals surface area contributed by atoms with E-state index in [1.54, 1.807) is 12.1 Å². The monoisotopic (exact) mass is 382 g/mol. The van der Waals surface area contributed by atoms with Gasteiger partial charge in [0.1, 0.15) is 5.82 Å². The maximum absolute atomic E-state index is 13.2. The highest BCUT2D eigenvalue weighted by atomic mass is 35.5. The Hall–Kier alpha value is -2.12. The molecule has 1 aliphatic rings. The van der Waals surface area contributed by atoms with E-state index in [-0.39, 0.29) is 22.0 Å². The molecule has 0 aromatic heterocycles. The van der Waals surface area contributed by atoms with E-state index in [4.69, 9.17) is 11.6 Å². The molecule has 0 atom stereocenters. The van der Waals surface area contributed by atoms with Gasteiger partial charge in [-0.3, -0.25) is 9.10 Å². The summed E-state index contributed by atoms with van der Waals surface area (Å²) in [5.41, 5.74) is 0.815. The molecular formula is C17H16ClFN2O3S. The molecule has 1 heterocycles. The van der Waals surface area contributed by atoms with E-state index in [1.165, 1.54) is 34.6 Å². The third-order valence-corrected chi connectivity index (χ3v) is 6.11. The first-order valence-corrected chi connectivity index (χ1v) is 9.72. The van der Waals surface area contributed by atoms with Crippen LogP contribution in [0.15, 0.2) is 42.5 Å². The lowest BCUT2D eigenvalue weighted by Gasteiger charge is -2.28. The first kappa shape index (κ1) is 17.7. The van der Waals surface area contributed by atoms with Crippen LogP contribution in [0.25, 0.3) is 0 Å². The maximum atomic E-state index is 13.2. The summed E-state index contributed by atoms with van der Waals surface area (Å²) in [6.45, 7) is 0.370. The fourth-order valence-corrected chi connectivity index (χ4v) is 4.52. The molecule has 1 aliphatic heterocycles. The predicted octanol–water partition coefficient (Wildman–Crippen LogP) is 3.66. The van der Waals surface area contributed by atoms with Crippen molar-refractivity contribution in [1.29, 1.82) is 0 Å². The van der Waals surface area contributed by atoms with Gasteiger partial charge >= 0.3 is 0 Å². The number of benzene rings is 2. The number of carbonyl (C=O) groups excluding carboxylic acids is 1. The predicted molar refractivity (Wildman–Crippen MR) is 96.2 cm³/mol. The minimum atomic E-state index is -3.39. The van der Waals surface area contributed by atoms with Crippen molar-refractivity contribution < 1.29 is 17.6 Å². The molecule has 0 saturated carbocycles. The second-order valence-electron chi connectivity index (χ2n) is 5.72. The summed E-state index contributed by atoms with van der Waals surface area (Å²) in [5.74, 6) is -0.926. The van der Waals surface area contributed by atoms with Crippen molar-refractivity contribution in [1.82, 2.24) is 0 Å². The van der Waals surface area contributed by atoms with Crippen LogP contribution in [0.1, 0.15) is 23.2 Å². The first-order chi connectivity index (χ1) is 11.9. The van der Waals surface area contributed by atoms with Crippen molar-refractivity contribution in [3.63, 3.8) is 0 Å². The average Bonchev–Trinajstić information content (AvgIpc) is 2.55. The zero-order chi connectivity index (χ0) is 18.0. The van der Waals surface area contributed by atoms with E-state index in [0.29, 0.717) is 18.7 Å². The summed E-state index contributed by atoms with van der Waals surface area (Å²) in [6.07, 6.45) is 1.38. The first-order valence-electron chi connectivity index (χ1n) is 7.74. The molecule has 0 radical (unpaired) electrons. The molecule has 1 amide bonds. The van der Waals surface area contributed by atoms with Crippen molar-refractivity contribution in [2.45, 2.75) is 12.8 Å². The van der Waals surface area contributed by atoms with E-state index in [0.717, 1.165) is 6.42 Å². The van der Waals surface area contributed by atoms with E-state index < -0.39 is 21.7 Å². The summed E-state index contributed by atoms with van der Waals surface area (Å²) in [7, 11) is -3.39. The zero-order valence-electron chi connectivity index (χ0n) is 13.2. The van der Waals surface area contributed by atoms with E-state index in [9.17, 15) is 17.6 Å². The van der Waals surface area contributed by atoms with E-state index in [2.05, 4.69) is 5.32 Å². The van der Waals surface area contributed by atoms with Crippen LogP contribution in [0.4, 0.5) is 15.8 Å². The second-order valence-corrected chi connectivity index (χ2v) is 8.14. The standard InChI is InChI=1S/C17H16ClFN2O3S/c18-16-7-6-14(21-8-1-2-9-25(21,23)24)11-15(16)17(22)20-13-5-3-4-12(19)10-13/h3-7,10-11H,1-2,8-9H2,(H,20,22). The van der Waals surface area contributed by atoms with Gasteiger partial charge in [-0.15, -0.1) is 0 Å². The Balaban J connectivity index is 1.90. The van der Waals surface area contributed by atoms with Crippen LogP contribution in [-0.2, 0) is 10.0 Å². The molecule has 8 heteroatoms. The number of halogens is 2. The number of rotatable bonds is 3. The van der Waals surface area contributed by atoms with Crippen molar-refractivity contribution in [3.8, 4) is 0 Å². The van der Waals surface area contributed by atoms with Gasteiger partial charge in [0.25, 0.3) is 5.91 Å². The second kappa shape index (κ2) is 7.01. The van der Waals surface area contributed by atoms with Crippen molar-refractivity contribution >= 4 is 38.9 Å². The van der Waals surface area contributed by atoms with Crippen LogP contribution in [0.2, 0.25) is 5.02 Å². The van der Waals surface area contributed by atoms with Crippen molar-refractivity contribution in [2.75, 3.05) is 21.9 Å². The molecular weight excluding hydrogens is 367 g/mol. The summed E-state index contributed by atoms with van der Waals surface area (Å²) in [5, 5.41) is 2.75. The largest absolute Gasteiger partial charge is 0.322 e. The molecule has 132 valence electrons. The van der Waals surface area contributed by atoms with Gasteiger partial charge in [-0.25, -0.2) is 12.8 Å². The van der Waals surface area contributed by atoms with Gasteiger partial charge in [0.15, 0.2) is 0 Å². The van der Waals surface area contributed by atoms with Crippen LogP contribution < -0.4 is 9.62 Å². The number of nitrogens with one attached hydrogen (secondary N) is 1. The number of sulfonamides is 1. The molecule has 0 unspecified atom stereocenters. The maximum Gasteiger partial charge on any atom is 0.257 e. The Labute approximate surface area is 150 Å². The smallest absolute Gasteiger partial charge is 0.257 e. The quantitative estimate of drug-likeness (QED) is 0.880. The number of nitrogens with zero attached hydrogens (tertiary/aromatic N) is 1. The summed E-state index contributed by atoms with van der Waals surface area (Å²) in [6, 6.07) is 9.98. The lowest BCUT2D eigenvalue weighted by Crippen LogP contribution is -2.38. The van der Waals surface area contributed by atoms with Gasteiger partial charge in [0.2, 0.25) is 10.0 Å². The highest BCUT2D eigenvalue weighted by Crippen LogP contribution is 2.28. The van der Waals surface area contributed by atoms with Crippen LogP contribution in [-0.4, -0.2) is 26.6 Å². The van der Waals surface area contributed by atoms with Crippen LogP contribution in [0.5, 0.6) is 0 Å². The molecule has 5 nitrogen and oxygen atoms in total. The lowest BCUT2D eigenvalue weighted by molar-refractivity contribution is 0.102. The fraction of sp³-hybridized carbons (Fsp3) is 0.235. The normalized spacial score (nSPS) is 16.5. The van der Waals surface area contributed by atoms with Gasteiger partial charge in [0.05, 0.1) is 22.0 Å². The van der Waals surface area contributed by atoms with E-state index >= 15 is 0 Å². The van der Waals surface area contributed by atoms with Crippen molar-refractivity contribution in [2.24, 2.45) is 0 Å². The number of hydrogen-bond donors (Lipinski definition) is 1. The lowest BCUT2D eigenvalue weighted by atomic mass is 10.1. The van der Waals surface area contributed by atoms with Crippen LogP contribution in [0.3, 0.4) is 0 Å². The molecule has 2 aromatic rings. The van der Waals surface area contributed by atoms with Gasteiger partial charge < -0.3 is 5.32 Å². The Kier molecular flexibility index (Phi) is 4.96. The minimum Gasteiger partial charge on any atom is -0.322 e. The van der Waals surface area contributed by atoms with Gasteiger partial charge in [-0.2, -0.15) is 0 Å². The SMILES string of the molecule is O=C(Nc1cccc(F)c1)c1cc(N2CCCCS2(=O)=O)ccc1Cl. The number of hydrogen-bond acceptors (Lipinski definition) is 3. The molecule has 25 heavy (non-hydrogen) atoms. The molecule has 1 fully saturated rings. The molecule has 0 spiro atoms. The molecule has 3 rings (SSSR count). The van der Waals surface area contributed by atoms with Gasteiger partial charge in [0, 0.05) is 12.2 Å². The Morgan fingerprint density at radius 3 is 2.68 bits per heavy atom. The van der Waals surface area contributed by atoms with Crippen molar-refractivity contribution in [3.05, 3.63) is 58.9 Å². The minimum absolute atomic E-state index is 0.0838. The molecule has 2 aromatic carbocycles. The summed E-state index contributed by atoms with van der Waals surface area (Å²) >= 11 is 6.10. The topological polar surface area (TPSA) is 66.5 Å². The molecule has 1 N–H and O–H groups in total. The van der Waals surface area contributed by atoms with Gasteiger partial charge in [-0.1, -0.05) is 17.7 Å². The Morgan fingerprint density at radius 1 is 1.16 bits per heavy atom. The number of anilines is 2. The Morgan fingerprint density at radius 2 is 1.96 bits per heavy atom. The molecule has 0 bridgehead atoms. The number of amides is 1. The van der Waals surface area contributed by atoms with Crippen LogP contribution in [0, 0.1) is 5.82 Å². The third-order valence-electron chi connectivity index (χ3n) is 3.91. The summed E-state index contributed by atoms with van der Waals surface area (Å²) < 4.78 is 39.0. The number of carbonyl (C=O) groups is 1. The highest BCUT2D eigenvalue weighted by Gasteiger charge is 2.27. The highest BCUT2D eigenvalue weighted by molar-refractivity contribution is 7.92. The Bertz CT molecular complexity index is 918. The summed E-state index contributed by atoms with van der Waals surface area (Å²) in [4.78, 5) is 12.5.